The third-order valence-electron chi connectivity index (χ3n) is 6.77. The van der Waals surface area contributed by atoms with Crippen molar-refractivity contribution in [1.82, 2.24) is 20.6 Å². The Kier molecular flexibility index (Phi) is 9.31. The summed E-state index contributed by atoms with van der Waals surface area (Å²) in [6.07, 6.45) is 1.60. The minimum absolute atomic E-state index is 0.192. The largest absolute Gasteiger partial charge is 0.493 e. The van der Waals surface area contributed by atoms with E-state index < -0.39 is 23.9 Å². The number of aryl methyl sites for hydroxylation is 2. The number of allylic oxidation sites excluding steroid dienone is 1. The van der Waals surface area contributed by atoms with Crippen molar-refractivity contribution in [3.8, 4) is 17.2 Å². The van der Waals surface area contributed by atoms with Crippen LogP contribution in [-0.2, 0) is 14.3 Å². The number of urea groups is 1. The van der Waals surface area contributed by atoms with Crippen LogP contribution < -0.4 is 25.5 Å². The molecule has 3 N–H and O–H groups in total. The molecule has 1 aromatic heterocycles. The summed E-state index contributed by atoms with van der Waals surface area (Å²) in [5, 5.41) is 9.45. The van der Waals surface area contributed by atoms with Gasteiger partial charge in [-0.05, 0) is 76.1 Å². The maximum absolute atomic E-state index is 12.6. The number of hydrazone groups is 1. The van der Waals surface area contributed by atoms with Crippen LogP contribution in [0.15, 0.2) is 64.9 Å². The van der Waals surface area contributed by atoms with Gasteiger partial charge in [-0.2, -0.15) is 5.10 Å². The SMILES string of the molecule is CCOC(=O)C1=C(C)NC(=O)N[C@H]1c1ccc(OCC(=O)N/N=C\c2cc(C)n(-c3cccc(C)c3)c2C)c(OC)c1. The van der Waals surface area contributed by atoms with Crippen LogP contribution in [0.5, 0.6) is 11.5 Å². The van der Waals surface area contributed by atoms with Crippen LogP contribution in [0.4, 0.5) is 4.79 Å². The third kappa shape index (κ3) is 6.63. The van der Waals surface area contributed by atoms with Crippen LogP contribution in [0.1, 0.15) is 48.0 Å². The predicted octanol–water partition coefficient (Wildman–Crippen LogP) is 4.13. The second kappa shape index (κ2) is 13.1. The highest BCUT2D eigenvalue weighted by molar-refractivity contribution is 5.95. The Morgan fingerprint density at radius 1 is 1.07 bits per heavy atom. The summed E-state index contributed by atoms with van der Waals surface area (Å²) in [5.41, 5.74) is 8.90. The molecule has 0 radical (unpaired) electrons. The lowest BCUT2D eigenvalue weighted by Gasteiger charge is -2.28. The highest BCUT2D eigenvalue weighted by atomic mass is 16.5. The maximum Gasteiger partial charge on any atom is 0.338 e. The molecule has 2 heterocycles. The van der Waals surface area contributed by atoms with Gasteiger partial charge in [0.05, 0.1) is 31.5 Å². The summed E-state index contributed by atoms with van der Waals surface area (Å²) in [5.74, 6) is -0.374. The van der Waals surface area contributed by atoms with Crippen LogP contribution in [0, 0.1) is 20.8 Å². The van der Waals surface area contributed by atoms with Gasteiger partial charge in [-0.1, -0.05) is 18.2 Å². The van der Waals surface area contributed by atoms with E-state index in [-0.39, 0.29) is 18.8 Å². The Labute approximate surface area is 244 Å². The highest BCUT2D eigenvalue weighted by Crippen LogP contribution is 2.34. The van der Waals surface area contributed by atoms with Crippen molar-refractivity contribution < 1.29 is 28.6 Å². The molecule has 3 aromatic rings. The molecule has 11 nitrogen and oxygen atoms in total. The number of carbonyl (C=O) groups excluding carboxylic acids is 3. The van der Waals surface area contributed by atoms with E-state index in [2.05, 4.69) is 44.8 Å². The highest BCUT2D eigenvalue weighted by Gasteiger charge is 2.32. The minimum atomic E-state index is -0.758. The Bertz CT molecular complexity index is 1570. The zero-order valence-corrected chi connectivity index (χ0v) is 24.5. The lowest BCUT2D eigenvalue weighted by atomic mass is 9.95. The molecular weight excluding hydrogens is 538 g/mol. The van der Waals surface area contributed by atoms with Crippen LogP contribution in [0.25, 0.3) is 5.69 Å². The van der Waals surface area contributed by atoms with Crippen molar-refractivity contribution in [3.05, 3.63) is 87.9 Å². The van der Waals surface area contributed by atoms with Crippen molar-refractivity contribution in [3.63, 3.8) is 0 Å². The lowest BCUT2D eigenvalue weighted by Crippen LogP contribution is -2.45. The van der Waals surface area contributed by atoms with Crippen LogP contribution in [0.3, 0.4) is 0 Å². The van der Waals surface area contributed by atoms with Crippen molar-refractivity contribution in [2.24, 2.45) is 5.10 Å². The summed E-state index contributed by atoms with van der Waals surface area (Å²) in [7, 11) is 1.46. The molecule has 0 spiro atoms. The molecule has 0 fully saturated rings. The number of methoxy groups -OCH3 is 1. The molecule has 1 atom stereocenters. The number of carbonyl (C=O) groups is 3. The molecule has 0 aliphatic carbocycles. The number of aromatic nitrogens is 1. The fourth-order valence-corrected chi connectivity index (χ4v) is 4.84. The van der Waals surface area contributed by atoms with E-state index in [4.69, 9.17) is 14.2 Å². The van der Waals surface area contributed by atoms with Gasteiger partial charge >= 0.3 is 12.0 Å². The van der Waals surface area contributed by atoms with Crippen molar-refractivity contribution in [1.29, 1.82) is 0 Å². The number of amides is 3. The first-order valence-electron chi connectivity index (χ1n) is 13.5. The third-order valence-corrected chi connectivity index (χ3v) is 6.77. The first kappa shape index (κ1) is 29.9. The topological polar surface area (TPSA) is 132 Å². The summed E-state index contributed by atoms with van der Waals surface area (Å²) in [6.45, 7) is 9.29. The predicted molar refractivity (Wildman–Crippen MR) is 158 cm³/mol. The normalized spacial score (nSPS) is 14.8. The summed E-state index contributed by atoms with van der Waals surface area (Å²) < 4.78 is 18.5. The summed E-state index contributed by atoms with van der Waals surface area (Å²) in [4.78, 5) is 37.2. The van der Waals surface area contributed by atoms with E-state index in [0.717, 1.165) is 22.6 Å². The fraction of sp³-hybridized carbons (Fsp3) is 0.290. The standard InChI is InChI=1S/C31H35N5O6/c1-7-41-30(38)28-20(4)33-31(39)34-29(28)22-11-12-25(26(15-22)40-6)42-17-27(37)35-32-16-23-14-19(3)36(21(23)5)24-10-8-9-18(2)13-24/h8-16,29H,7,17H2,1-6H3,(H,35,37)(H2,33,34,39)/b32-16-/t29-/m0/s1. The van der Waals surface area contributed by atoms with Crippen molar-refractivity contribution >= 4 is 24.1 Å². The zero-order valence-electron chi connectivity index (χ0n) is 24.5. The van der Waals surface area contributed by atoms with Gasteiger partial charge in [0.15, 0.2) is 18.1 Å². The quantitative estimate of drug-likeness (QED) is 0.190. The average molecular weight is 574 g/mol. The van der Waals surface area contributed by atoms with Gasteiger partial charge in [0, 0.05) is 28.3 Å². The molecule has 1 aliphatic heterocycles. The Hall–Kier alpha value is -5.06. The number of nitrogens with one attached hydrogen (secondary N) is 3. The average Bonchev–Trinajstić information content (AvgIpc) is 3.23. The molecule has 220 valence electrons. The molecule has 3 amide bonds. The van der Waals surface area contributed by atoms with E-state index in [1.165, 1.54) is 12.7 Å². The monoisotopic (exact) mass is 573 g/mol. The second-order valence-corrected chi connectivity index (χ2v) is 9.78. The summed E-state index contributed by atoms with van der Waals surface area (Å²) >= 11 is 0. The zero-order chi connectivity index (χ0) is 30.4. The number of rotatable bonds is 10. The molecule has 42 heavy (non-hydrogen) atoms. The van der Waals surface area contributed by atoms with Crippen LogP contribution >= 0.6 is 0 Å². The maximum atomic E-state index is 12.6. The smallest absolute Gasteiger partial charge is 0.338 e. The first-order chi connectivity index (χ1) is 20.1. The molecule has 11 heteroatoms. The number of ether oxygens (including phenoxy) is 3. The van der Waals surface area contributed by atoms with E-state index in [9.17, 15) is 14.4 Å². The lowest BCUT2D eigenvalue weighted by molar-refractivity contribution is -0.139. The van der Waals surface area contributed by atoms with Gasteiger partial charge in [0.2, 0.25) is 0 Å². The molecule has 0 saturated heterocycles. The minimum Gasteiger partial charge on any atom is -0.493 e. The molecule has 0 unspecified atom stereocenters. The second-order valence-electron chi connectivity index (χ2n) is 9.78. The molecule has 4 rings (SSSR count). The van der Waals surface area contributed by atoms with Gasteiger partial charge in [0.1, 0.15) is 0 Å². The van der Waals surface area contributed by atoms with Gasteiger partial charge < -0.3 is 29.4 Å². The molecule has 0 saturated carbocycles. The van der Waals surface area contributed by atoms with Crippen molar-refractivity contribution in [2.75, 3.05) is 20.3 Å². The molecule has 2 aromatic carbocycles. The van der Waals surface area contributed by atoms with Crippen LogP contribution in [-0.4, -0.2) is 49.0 Å². The Balaban J connectivity index is 1.42. The van der Waals surface area contributed by atoms with E-state index in [1.807, 2.05) is 32.0 Å². The fourth-order valence-electron chi connectivity index (χ4n) is 4.84. The van der Waals surface area contributed by atoms with Gasteiger partial charge in [-0.3, -0.25) is 4.79 Å². The van der Waals surface area contributed by atoms with E-state index in [1.54, 1.807) is 38.3 Å². The summed E-state index contributed by atoms with van der Waals surface area (Å²) in [6, 6.07) is 14.0. The number of hydrogen-bond acceptors (Lipinski definition) is 7. The van der Waals surface area contributed by atoms with Gasteiger partial charge in [-0.25, -0.2) is 15.0 Å². The van der Waals surface area contributed by atoms with Gasteiger partial charge in [-0.15, -0.1) is 0 Å². The number of esters is 1. The Morgan fingerprint density at radius 2 is 1.86 bits per heavy atom. The number of benzene rings is 2. The Morgan fingerprint density at radius 3 is 2.57 bits per heavy atom. The van der Waals surface area contributed by atoms with Gasteiger partial charge in [0.25, 0.3) is 5.91 Å². The molecule has 1 aliphatic rings. The van der Waals surface area contributed by atoms with E-state index in [0.29, 0.717) is 22.8 Å². The van der Waals surface area contributed by atoms with Crippen molar-refractivity contribution in [2.45, 2.75) is 40.7 Å². The number of nitrogens with zero attached hydrogens (tertiary/aromatic N) is 2. The van der Waals surface area contributed by atoms with E-state index >= 15 is 0 Å². The first-order valence-corrected chi connectivity index (χ1v) is 13.5. The molecule has 0 bridgehead atoms. The number of hydrogen-bond donors (Lipinski definition) is 3. The van der Waals surface area contributed by atoms with Crippen LogP contribution in [0.2, 0.25) is 0 Å². The molecular formula is C31H35N5O6.